The molecule has 0 spiro atoms. The molecule has 0 bridgehead atoms. The van der Waals surface area contributed by atoms with Crippen LogP contribution in [0.2, 0.25) is 0 Å². The van der Waals surface area contributed by atoms with Crippen molar-refractivity contribution in [3.63, 3.8) is 0 Å². The van der Waals surface area contributed by atoms with Gasteiger partial charge in [0, 0.05) is 6.07 Å². The standard InChI is InChI=1S/C11H10N4O3S/c1-18-7-4-2-3-6(5-7)14-15-8-9(16)12-11(19)13-10(8)17/h2-5H,1H3,(H3,12,13,16,17,19). The van der Waals surface area contributed by atoms with Gasteiger partial charge in [0.2, 0.25) is 11.6 Å². The minimum absolute atomic E-state index is 0.0165. The third-order valence-corrected chi connectivity index (χ3v) is 2.42. The van der Waals surface area contributed by atoms with Crippen molar-refractivity contribution in [2.24, 2.45) is 10.2 Å². The van der Waals surface area contributed by atoms with Gasteiger partial charge in [0.1, 0.15) is 5.75 Å². The molecule has 1 aromatic heterocycles. The number of aromatic amines is 2. The molecule has 0 saturated heterocycles. The average Bonchev–Trinajstić information content (AvgIpc) is 2.37. The van der Waals surface area contributed by atoms with E-state index in [9.17, 15) is 9.90 Å². The van der Waals surface area contributed by atoms with Crippen LogP contribution in [0.4, 0.5) is 11.4 Å². The molecule has 0 fully saturated rings. The Morgan fingerprint density at radius 3 is 2.79 bits per heavy atom. The van der Waals surface area contributed by atoms with Gasteiger partial charge in [-0.1, -0.05) is 6.07 Å². The molecule has 7 nitrogen and oxygen atoms in total. The van der Waals surface area contributed by atoms with Crippen molar-refractivity contribution < 1.29 is 9.84 Å². The molecule has 1 aromatic carbocycles. The number of methoxy groups -OCH3 is 1. The third-order valence-electron chi connectivity index (χ3n) is 2.22. The lowest BCUT2D eigenvalue weighted by Crippen LogP contribution is -2.06. The average molecular weight is 278 g/mol. The van der Waals surface area contributed by atoms with Gasteiger partial charge >= 0.3 is 0 Å². The van der Waals surface area contributed by atoms with E-state index in [2.05, 4.69) is 20.2 Å². The van der Waals surface area contributed by atoms with Crippen molar-refractivity contribution in [3.8, 4) is 11.6 Å². The Balaban J connectivity index is 2.38. The Morgan fingerprint density at radius 2 is 2.11 bits per heavy atom. The second-order valence-electron chi connectivity index (χ2n) is 3.51. The first-order valence-electron chi connectivity index (χ1n) is 5.21. The molecule has 0 saturated carbocycles. The number of aromatic hydroxyl groups is 1. The lowest BCUT2D eigenvalue weighted by atomic mass is 10.3. The van der Waals surface area contributed by atoms with Crippen LogP contribution in [0.5, 0.6) is 11.6 Å². The van der Waals surface area contributed by atoms with Crippen LogP contribution in [-0.4, -0.2) is 22.2 Å². The molecule has 19 heavy (non-hydrogen) atoms. The molecule has 0 radical (unpaired) electrons. The summed E-state index contributed by atoms with van der Waals surface area (Å²) < 4.78 is 5.05. The summed E-state index contributed by atoms with van der Waals surface area (Å²) in [5, 5.41) is 17.1. The predicted molar refractivity (Wildman–Crippen MR) is 71.1 cm³/mol. The van der Waals surface area contributed by atoms with Gasteiger partial charge in [0.15, 0.2) is 4.77 Å². The molecule has 3 N–H and O–H groups in total. The molecule has 1 heterocycles. The fourth-order valence-corrected chi connectivity index (χ4v) is 1.53. The summed E-state index contributed by atoms with van der Waals surface area (Å²) in [7, 11) is 1.53. The highest BCUT2D eigenvalue weighted by Crippen LogP contribution is 2.23. The number of aromatic nitrogens is 2. The number of H-pyrrole nitrogens is 2. The highest BCUT2D eigenvalue weighted by atomic mass is 32.1. The van der Waals surface area contributed by atoms with E-state index in [4.69, 9.17) is 17.0 Å². The van der Waals surface area contributed by atoms with Crippen LogP contribution >= 0.6 is 12.2 Å². The van der Waals surface area contributed by atoms with Gasteiger partial charge in [-0.2, -0.15) is 5.11 Å². The number of ether oxygens (including phenoxy) is 1. The molecule has 2 rings (SSSR count). The Labute approximate surface area is 112 Å². The van der Waals surface area contributed by atoms with Gasteiger partial charge in [-0.05, 0) is 24.4 Å². The second kappa shape index (κ2) is 5.44. The number of rotatable bonds is 3. The molecule has 8 heteroatoms. The Morgan fingerprint density at radius 1 is 1.32 bits per heavy atom. The van der Waals surface area contributed by atoms with E-state index in [1.807, 2.05) is 0 Å². The first-order chi connectivity index (χ1) is 9.10. The van der Waals surface area contributed by atoms with Crippen LogP contribution in [0, 0.1) is 4.77 Å². The molecule has 0 aliphatic heterocycles. The molecule has 0 atom stereocenters. The summed E-state index contributed by atoms with van der Waals surface area (Å²) in [5.74, 6) is 0.183. The van der Waals surface area contributed by atoms with E-state index >= 15 is 0 Å². The monoisotopic (exact) mass is 278 g/mol. The lowest BCUT2D eigenvalue weighted by molar-refractivity contribution is 0.415. The van der Waals surface area contributed by atoms with Crippen LogP contribution in [0.3, 0.4) is 0 Å². The number of nitrogens with one attached hydrogen (secondary N) is 2. The van der Waals surface area contributed by atoms with Gasteiger partial charge in [-0.25, -0.2) is 0 Å². The fraction of sp³-hybridized carbons (Fsp3) is 0.0909. The minimum Gasteiger partial charge on any atom is -0.497 e. The summed E-state index contributed by atoms with van der Waals surface area (Å²) in [5.41, 5.74) is -0.370. The topological polar surface area (TPSA) is 103 Å². The number of hydrogen-bond donors (Lipinski definition) is 3. The van der Waals surface area contributed by atoms with Crippen molar-refractivity contribution in [1.29, 1.82) is 0 Å². The molecule has 2 aromatic rings. The highest BCUT2D eigenvalue weighted by Gasteiger charge is 2.06. The molecule has 0 aliphatic rings. The van der Waals surface area contributed by atoms with Crippen molar-refractivity contribution >= 4 is 23.6 Å². The van der Waals surface area contributed by atoms with E-state index in [0.29, 0.717) is 11.4 Å². The Bertz CT molecular complexity index is 735. The van der Waals surface area contributed by atoms with Gasteiger partial charge in [0.05, 0.1) is 12.8 Å². The van der Waals surface area contributed by atoms with Gasteiger partial charge < -0.3 is 14.8 Å². The number of benzene rings is 1. The van der Waals surface area contributed by atoms with E-state index in [1.165, 1.54) is 7.11 Å². The quantitative estimate of drug-likeness (QED) is 0.593. The van der Waals surface area contributed by atoms with Gasteiger partial charge in [-0.3, -0.25) is 9.78 Å². The SMILES string of the molecule is COc1cccc(N=Nc2c(O)[nH]c(=S)[nH]c2=O)c1. The van der Waals surface area contributed by atoms with Gasteiger partial charge in [0.25, 0.3) is 5.56 Å². The molecule has 0 unspecified atom stereocenters. The molecule has 0 aliphatic carbocycles. The normalized spacial score (nSPS) is 10.8. The van der Waals surface area contributed by atoms with Crippen molar-refractivity contribution in [2.75, 3.05) is 7.11 Å². The first kappa shape index (κ1) is 13.0. The fourth-order valence-electron chi connectivity index (χ4n) is 1.34. The largest absolute Gasteiger partial charge is 0.497 e. The Kier molecular flexibility index (Phi) is 3.71. The zero-order valence-corrected chi connectivity index (χ0v) is 10.7. The number of hydrogen-bond acceptors (Lipinski definition) is 6. The maximum Gasteiger partial charge on any atom is 0.283 e. The first-order valence-corrected chi connectivity index (χ1v) is 5.62. The van der Waals surface area contributed by atoms with Crippen LogP contribution in [-0.2, 0) is 0 Å². The smallest absolute Gasteiger partial charge is 0.283 e. The summed E-state index contributed by atoms with van der Waals surface area (Å²) >= 11 is 4.70. The van der Waals surface area contributed by atoms with Crippen molar-refractivity contribution in [2.45, 2.75) is 0 Å². The third kappa shape index (κ3) is 3.05. The number of nitrogens with zero attached hydrogens (tertiary/aromatic N) is 2. The van der Waals surface area contributed by atoms with E-state index in [0.717, 1.165) is 0 Å². The highest BCUT2D eigenvalue weighted by molar-refractivity contribution is 7.71. The van der Waals surface area contributed by atoms with E-state index in [-0.39, 0.29) is 10.5 Å². The van der Waals surface area contributed by atoms with Crippen molar-refractivity contribution in [1.82, 2.24) is 9.97 Å². The van der Waals surface area contributed by atoms with Crippen LogP contribution in [0.1, 0.15) is 0 Å². The summed E-state index contributed by atoms with van der Waals surface area (Å²) in [4.78, 5) is 16.2. The maximum absolute atomic E-state index is 11.5. The second-order valence-corrected chi connectivity index (χ2v) is 3.92. The Hall–Kier alpha value is -2.48. The lowest BCUT2D eigenvalue weighted by Gasteiger charge is -1.99. The number of azo groups is 1. The van der Waals surface area contributed by atoms with Crippen LogP contribution in [0.15, 0.2) is 39.3 Å². The molecule has 0 amide bonds. The summed E-state index contributed by atoms with van der Waals surface area (Å²) in [6.45, 7) is 0. The van der Waals surface area contributed by atoms with Gasteiger partial charge in [-0.15, -0.1) is 5.11 Å². The van der Waals surface area contributed by atoms with Crippen LogP contribution in [0.25, 0.3) is 0 Å². The minimum atomic E-state index is -0.618. The molecular weight excluding hydrogens is 268 g/mol. The molecular formula is C11H10N4O3S. The van der Waals surface area contributed by atoms with E-state index < -0.39 is 11.4 Å². The maximum atomic E-state index is 11.5. The zero-order chi connectivity index (χ0) is 13.8. The van der Waals surface area contributed by atoms with Crippen molar-refractivity contribution in [3.05, 3.63) is 39.4 Å². The van der Waals surface area contributed by atoms with Crippen LogP contribution < -0.4 is 10.3 Å². The molecule has 98 valence electrons. The summed E-state index contributed by atoms with van der Waals surface area (Å²) in [6.07, 6.45) is 0. The zero-order valence-electron chi connectivity index (χ0n) is 9.88. The predicted octanol–water partition coefficient (Wildman–Crippen LogP) is 2.56. The summed E-state index contributed by atoms with van der Waals surface area (Å²) in [6, 6.07) is 6.81. The van der Waals surface area contributed by atoms with E-state index in [1.54, 1.807) is 24.3 Å².